The lowest BCUT2D eigenvalue weighted by Crippen LogP contribution is -2.29. The topological polar surface area (TPSA) is 80.0 Å². The molecule has 0 radical (unpaired) electrons. The highest BCUT2D eigenvalue weighted by atomic mass is 16.5. The zero-order valence-corrected chi connectivity index (χ0v) is 20.6. The van der Waals surface area contributed by atoms with Gasteiger partial charge in [0.25, 0.3) is 11.7 Å². The van der Waals surface area contributed by atoms with Crippen LogP contribution in [0.4, 0.5) is 0 Å². The van der Waals surface area contributed by atoms with Crippen molar-refractivity contribution in [3.63, 3.8) is 0 Å². The molecule has 0 bridgehead atoms. The first-order valence-electron chi connectivity index (χ1n) is 11.8. The fraction of sp³-hybridized carbons (Fsp3) is 0.310. The number of rotatable bonds is 7. The van der Waals surface area contributed by atoms with Crippen LogP contribution in [0.25, 0.3) is 5.76 Å². The Morgan fingerprint density at radius 2 is 1.80 bits per heavy atom. The van der Waals surface area contributed by atoms with E-state index in [0.29, 0.717) is 23.7 Å². The van der Waals surface area contributed by atoms with Crippen molar-refractivity contribution in [2.45, 2.75) is 52.1 Å². The number of amides is 1. The summed E-state index contributed by atoms with van der Waals surface area (Å²) in [7, 11) is 0. The fourth-order valence-electron chi connectivity index (χ4n) is 4.23. The maximum Gasteiger partial charge on any atom is 0.296 e. The van der Waals surface area contributed by atoms with Gasteiger partial charge in [0.2, 0.25) is 0 Å². The third-order valence-corrected chi connectivity index (χ3v) is 6.12. The van der Waals surface area contributed by atoms with Crippen LogP contribution in [0, 0.1) is 0 Å². The highest BCUT2D eigenvalue weighted by Crippen LogP contribution is 2.41. The summed E-state index contributed by atoms with van der Waals surface area (Å²) in [6, 6.07) is 17.5. The number of ketones is 1. The number of ether oxygens (including phenoxy) is 1. The minimum Gasteiger partial charge on any atom is -0.507 e. The van der Waals surface area contributed by atoms with Gasteiger partial charge in [0.1, 0.15) is 17.3 Å². The van der Waals surface area contributed by atoms with Crippen molar-refractivity contribution in [1.29, 1.82) is 0 Å². The Labute approximate surface area is 205 Å². The summed E-state index contributed by atoms with van der Waals surface area (Å²) < 4.78 is 11.2. The Morgan fingerprint density at radius 3 is 2.43 bits per heavy atom. The lowest BCUT2D eigenvalue weighted by atomic mass is 9.85. The van der Waals surface area contributed by atoms with Gasteiger partial charge in [0.15, 0.2) is 0 Å². The molecule has 4 rings (SSSR count). The molecule has 1 saturated heterocycles. The molecule has 0 spiro atoms. The number of aliphatic hydroxyl groups is 1. The second-order valence-corrected chi connectivity index (χ2v) is 9.75. The Morgan fingerprint density at radius 1 is 1.06 bits per heavy atom. The van der Waals surface area contributed by atoms with Crippen molar-refractivity contribution in [1.82, 2.24) is 4.90 Å². The molecule has 35 heavy (non-hydrogen) atoms. The van der Waals surface area contributed by atoms with E-state index in [-0.39, 0.29) is 23.3 Å². The van der Waals surface area contributed by atoms with E-state index >= 15 is 0 Å². The van der Waals surface area contributed by atoms with E-state index in [1.165, 1.54) is 11.2 Å². The van der Waals surface area contributed by atoms with E-state index in [9.17, 15) is 14.7 Å². The van der Waals surface area contributed by atoms with Gasteiger partial charge in [0.05, 0.1) is 31.0 Å². The van der Waals surface area contributed by atoms with Gasteiger partial charge in [0, 0.05) is 5.56 Å². The van der Waals surface area contributed by atoms with E-state index < -0.39 is 17.7 Å². The minimum atomic E-state index is -0.755. The molecular weight excluding hydrogens is 442 g/mol. The average Bonchev–Trinajstić information content (AvgIpc) is 3.44. The quantitative estimate of drug-likeness (QED) is 0.259. The maximum atomic E-state index is 13.3. The van der Waals surface area contributed by atoms with Crippen LogP contribution < -0.4 is 4.74 Å². The van der Waals surface area contributed by atoms with Gasteiger partial charge in [-0.3, -0.25) is 9.59 Å². The number of hydrogen-bond acceptors (Lipinski definition) is 5. The minimum absolute atomic E-state index is 0.0482. The van der Waals surface area contributed by atoms with Crippen LogP contribution >= 0.6 is 0 Å². The smallest absolute Gasteiger partial charge is 0.296 e. The van der Waals surface area contributed by atoms with Crippen LogP contribution in [0.1, 0.15) is 62.6 Å². The third kappa shape index (κ3) is 5.02. The molecule has 1 aliphatic heterocycles. The van der Waals surface area contributed by atoms with Crippen LogP contribution in [0.15, 0.2) is 76.9 Å². The Bertz CT molecular complexity index is 1230. The monoisotopic (exact) mass is 473 g/mol. The number of hydrogen-bond donors (Lipinski definition) is 1. The van der Waals surface area contributed by atoms with Gasteiger partial charge in [-0.25, -0.2) is 0 Å². The van der Waals surface area contributed by atoms with Crippen molar-refractivity contribution in [2.24, 2.45) is 0 Å². The SMILES string of the molecule is CCCOc1cccc(C(O)=C2C(=O)C(=O)N(Cc3ccco3)C2c2ccc(C(C)(C)C)cc2)c1. The van der Waals surface area contributed by atoms with Crippen molar-refractivity contribution in [2.75, 3.05) is 6.61 Å². The molecule has 6 nitrogen and oxygen atoms in total. The lowest BCUT2D eigenvalue weighted by Gasteiger charge is -2.26. The van der Waals surface area contributed by atoms with Crippen LogP contribution in [0.3, 0.4) is 0 Å². The number of nitrogens with zero attached hydrogens (tertiary/aromatic N) is 1. The number of Topliss-reactive ketones (excluding diaryl/α,β-unsaturated/α-hetero) is 1. The first-order valence-corrected chi connectivity index (χ1v) is 11.8. The zero-order chi connectivity index (χ0) is 25.2. The summed E-state index contributed by atoms with van der Waals surface area (Å²) in [5.41, 5.74) is 2.30. The molecule has 2 heterocycles. The van der Waals surface area contributed by atoms with Gasteiger partial charge < -0.3 is 19.2 Å². The number of aliphatic hydroxyl groups excluding tert-OH is 1. The number of likely N-dealkylation sites (tertiary alicyclic amines) is 1. The molecule has 0 aliphatic carbocycles. The van der Waals surface area contributed by atoms with Gasteiger partial charge >= 0.3 is 0 Å². The molecule has 2 aromatic carbocycles. The predicted molar refractivity (Wildman–Crippen MR) is 134 cm³/mol. The molecule has 1 unspecified atom stereocenters. The van der Waals surface area contributed by atoms with Crippen LogP contribution in [-0.4, -0.2) is 28.3 Å². The first-order chi connectivity index (χ1) is 16.7. The number of benzene rings is 2. The molecule has 1 aromatic heterocycles. The van der Waals surface area contributed by atoms with E-state index in [1.807, 2.05) is 31.2 Å². The van der Waals surface area contributed by atoms with E-state index in [0.717, 1.165) is 17.5 Å². The molecule has 0 saturated carbocycles. The molecule has 1 atom stereocenters. The maximum absolute atomic E-state index is 13.3. The second kappa shape index (κ2) is 9.82. The molecule has 1 N–H and O–H groups in total. The standard InChI is InChI=1S/C29H31NO5/c1-5-15-34-22-9-6-8-20(17-22)26(31)24-25(19-11-13-21(14-12-19)29(2,3)4)30(28(33)27(24)32)18-23-10-7-16-35-23/h6-14,16-17,25,31H,5,15,18H2,1-4H3. The number of furan rings is 1. The largest absolute Gasteiger partial charge is 0.507 e. The fourth-order valence-corrected chi connectivity index (χ4v) is 4.23. The Hall–Kier alpha value is -3.80. The lowest BCUT2D eigenvalue weighted by molar-refractivity contribution is -0.140. The predicted octanol–water partition coefficient (Wildman–Crippen LogP) is 5.99. The van der Waals surface area contributed by atoms with Gasteiger partial charge in [-0.1, -0.05) is 64.1 Å². The molecule has 3 aromatic rings. The van der Waals surface area contributed by atoms with Gasteiger partial charge in [-0.15, -0.1) is 0 Å². The van der Waals surface area contributed by atoms with Crippen molar-refractivity contribution >= 4 is 17.4 Å². The molecule has 6 heteroatoms. The summed E-state index contributed by atoms with van der Waals surface area (Å²) in [5, 5.41) is 11.3. The van der Waals surface area contributed by atoms with Crippen molar-refractivity contribution < 1.29 is 23.8 Å². The van der Waals surface area contributed by atoms with E-state index in [4.69, 9.17) is 9.15 Å². The molecular formula is C29H31NO5. The molecule has 1 aliphatic rings. The van der Waals surface area contributed by atoms with Crippen molar-refractivity contribution in [3.8, 4) is 5.75 Å². The number of carbonyl (C=O) groups is 2. The highest BCUT2D eigenvalue weighted by molar-refractivity contribution is 6.46. The normalized spacial score (nSPS) is 17.7. The third-order valence-electron chi connectivity index (χ3n) is 6.12. The average molecular weight is 474 g/mol. The summed E-state index contributed by atoms with van der Waals surface area (Å²) >= 11 is 0. The zero-order valence-electron chi connectivity index (χ0n) is 20.6. The van der Waals surface area contributed by atoms with Crippen LogP contribution in [0.5, 0.6) is 5.75 Å². The van der Waals surface area contributed by atoms with Gasteiger partial charge in [-0.2, -0.15) is 0 Å². The molecule has 182 valence electrons. The number of carbonyl (C=O) groups excluding carboxylic acids is 2. The molecule has 1 fully saturated rings. The molecule has 1 amide bonds. The summed E-state index contributed by atoms with van der Waals surface area (Å²) in [6.07, 6.45) is 2.37. The Balaban J connectivity index is 1.82. The first kappa shape index (κ1) is 24.3. The van der Waals surface area contributed by atoms with Gasteiger partial charge in [-0.05, 0) is 47.2 Å². The van der Waals surface area contributed by atoms with E-state index in [2.05, 4.69) is 20.8 Å². The highest BCUT2D eigenvalue weighted by Gasteiger charge is 2.46. The Kier molecular flexibility index (Phi) is 6.83. The van der Waals surface area contributed by atoms with E-state index in [1.54, 1.807) is 36.4 Å². The van der Waals surface area contributed by atoms with Crippen LogP contribution in [0.2, 0.25) is 0 Å². The summed E-state index contributed by atoms with van der Waals surface area (Å²) in [5.74, 6) is -0.479. The van der Waals surface area contributed by atoms with Crippen LogP contribution in [-0.2, 0) is 21.5 Å². The second-order valence-electron chi connectivity index (χ2n) is 9.75. The summed E-state index contributed by atoms with van der Waals surface area (Å²) in [6.45, 7) is 9.03. The van der Waals surface area contributed by atoms with Crippen molar-refractivity contribution in [3.05, 3.63) is 95.0 Å². The summed E-state index contributed by atoms with van der Waals surface area (Å²) in [4.78, 5) is 27.9.